The zero-order chi connectivity index (χ0) is 20.1. The van der Waals surface area contributed by atoms with Gasteiger partial charge in [0.25, 0.3) is 0 Å². The maximum absolute atomic E-state index is 12.5. The lowest BCUT2D eigenvalue weighted by molar-refractivity contribution is -0.137. The Morgan fingerprint density at radius 1 is 1.07 bits per heavy atom. The molecule has 0 atom stereocenters. The molecule has 1 fully saturated rings. The summed E-state index contributed by atoms with van der Waals surface area (Å²) >= 11 is 0. The molecule has 2 aliphatic rings. The van der Waals surface area contributed by atoms with Crippen molar-refractivity contribution in [1.29, 1.82) is 0 Å². The van der Waals surface area contributed by atoms with Crippen molar-refractivity contribution >= 4 is 23.3 Å². The van der Waals surface area contributed by atoms with E-state index in [-0.39, 0.29) is 30.7 Å². The molecule has 9 heteroatoms. The molecular weight excluding hydrogens is 366 g/mol. The third-order valence-corrected chi connectivity index (χ3v) is 4.70. The molecule has 1 saturated heterocycles. The minimum absolute atomic E-state index is 0.0472. The van der Waals surface area contributed by atoms with Gasteiger partial charge in [0, 0.05) is 44.9 Å². The van der Waals surface area contributed by atoms with E-state index in [1.54, 1.807) is 17.0 Å². The SMILES string of the molecule is COCC(=O)N1CCN(CC(=O)Nc2cc3c(cc2C(C)=O)OCCO3)CC1. The van der Waals surface area contributed by atoms with Crippen LogP contribution in [0.25, 0.3) is 0 Å². The second kappa shape index (κ2) is 9.03. The molecule has 3 rings (SSSR count). The van der Waals surface area contributed by atoms with Crippen LogP contribution in [0.2, 0.25) is 0 Å². The number of benzene rings is 1. The van der Waals surface area contributed by atoms with Gasteiger partial charge in [-0.1, -0.05) is 0 Å². The van der Waals surface area contributed by atoms with Crippen molar-refractivity contribution < 1.29 is 28.6 Å². The minimum Gasteiger partial charge on any atom is -0.486 e. The van der Waals surface area contributed by atoms with Gasteiger partial charge >= 0.3 is 0 Å². The van der Waals surface area contributed by atoms with Crippen molar-refractivity contribution in [3.8, 4) is 11.5 Å². The van der Waals surface area contributed by atoms with Crippen LogP contribution in [0, 0.1) is 0 Å². The lowest BCUT2D eigenvalue weighted by atomic mass is 10.1. The Morgan fingerprint density at radius 2 is 1.71 bits per heavy atom. The number of ether oxygens (including phenoxy) is 3. The summed E-state index contributed by atoms with van der Waals surface area (Å²) in [5.74, 6) is 0.575. The number of anilines is 1. The highest BCUT2D eigenvalue weighted by Crippen LogP contribution is 2.35. The van der Waals surface area contributed by atoms with Gasteiger partial charge < -0.3 is 24.4 Å². The summed E-state index contributed by atoms with van der Waals surface area (Å²) in [6, 6.07) is 3.23. The average Bonchev–Trinajstić information content (AvgIpc) is 2.68. The Kier molecular flexibility index (Phi) is 6.48. The van der Waals surface area contributed by atoms with E-state index in [0.717, 1.165) is 0 Å². The summed E-state index contributed by atoms with van der Waals surface area (Å²) in [6.45, 7) is 4.85. The summed E-state index contributed by atoms with van der Waals surface area (Å²) in [4.78, 5) is 40.0. The van der Waals surface area contributed by atoms with E-state index in [1.165, 1.54) is 14.0 Å². The second-order valence-electron chi connectivity index (χ2n) is 6.74. The molecule has 0 saturated carbocycles. The van der Waals surface area contributed by atoms with Gasteiger partial charge in [0.15, 0.2) is 17.3 Å². The predicted molar refractivity (Wildman–Crippen MR) is 101 cm³/mol. The fourth-order valence-electron chi connectivity index (χ4n) is 3.25. The zero-order valence-electron chi connectivity index (χ0n) is 16.2. The largest absolute Gasteiger partial charge is 0.486 e. The fraction of sp³-hybridized carbons (Fsp3) is 0.526. The van der Waals surface area contributed by atoms with E-state index in [4.69, 9.17) is 14.2 Å². The maximum Gasteiger partial charge on any atom is 0.248 e. The van der Waals surface area contributed by atoms with Crippen LogP contribution in [0.3, 0.4) is 0 Å². The standard InChI is InChI=1S/C19H25N3O6/c1-13(23)14-9-16-17(28-8-7-27-16)10-15(14)20-18(24)11-21-3-5-22(6-4-21)19(25)12-26-2/h9-10H,3-8,11-12H2,1-2H3,(H,20,24). The first kappa shape index (κ1) is 20.1. The van der Waals surface area contributed by atoms with Crippen molar-refractivity contribution in [1.82, 2.24) is 9.80 Å². The van der Waals surface area contributed by atoms with E-state index in [0.29, 0.717) is 62.1 Å². The number of nitrogens with one attached hydrogen (secondary N) is 1. The smallest absolute Gasteiger partial charge is 0.248 e. The molecule has 2 amide bonds. The van der Waals surface area contributed by atoms with Crippen molar-refractivity contribution in [3.05, 3.63) is 17.7 Å². The molecule has 2 heterocycles. The molecule has 0 aliphatic carbocycles. The molecule has 0 bridgehead atoms. The van der Waals surface area contributed by atoms with Gasteiger partial charge in [0.1, 0.15) is 19.8 Å². The number of rotatable bonds is 6. The zero-order valence-corrected chi connectivity index (χ0v) is 16.2. The molecule has 2 aliphatic heterocycles. The first-order chi connectivity index (χ1) is 13.5. The number of carbonyl (C=O) groups excluding carboxylic acids is 3. The van der Waals surface area contributed by atoms with Gasteiger partial charge in [-0.05, 0) is 13.0 Å². The van der Waals surface area contributed by atoms with Crippen molar-refractivity contribution in [2.24, 2.45) is 0 Å². The molecule has 0 radical (unpaired) electrons. The van der Waals surface area contributed by atoms with Crippen LogP contribution in [0.1, 0.15) is 17.3 Å². The lowest BCUT2D eigenvalue weighted by Crippen LogP contribution is -2.51. The summed E-state index contributed by atoms with van der Waals surface area (Å²) in [5.41, 5.74) is 0.795. The molecule has 0 unspecified atom stereocenters. The lowest BCUT2D eigenvalue weighted by Gasteiger charge is -2.34. The van der Waals surface area contributed by atoms with Crippen LogP contribution in [-0.2, 0) is 14.3 Å². The van der Waals surface area contributed by atoms with Crippen LogP contribution >= 0.6 is 0 Å². The number of hydrogen-bond acceptors (Lipinski definition) is 7. The number of methoxy groups -OCH3 is 1. The Labute approximate surface area is 163 Å². The fourth-order valence-corrected chi connectivity index (χ4v) is 3.25. The normalized spacial score (nSPS) is 16.6. The van der Waals surface area contributed by atoms with Crippen LogP contribution in [-0.4, -0.2) is 87.1 Å². The van der Waals surface area contributed by atoms with E-state index in [1.807, 2.05) is 4.90 Å². The summed E-state index contributed by atoms with van der Waals surface area (Å²) < 4.78 is 15.9. The van der Waals surface area contributed by atoms with Gasteiger partial charge in [0.2, 0.25) is 11.8 Å². The summed E-state index contributed by atoms with van der Waals surface area (Å²) in [5, 5.41) is 2.81. The molecule has 28 heavy (non-hydrogen) atoms. The Bertz CT molecular complexity index is 758. The summed E-state index contributed by atoms with van der Waals surface area (Å²) in [7, 11) is 1.49. The van der Waals surface area contributed by atoms with Crippen molar-refractivity contribution in [2.45, 2.75) is 6.92 Å². The molecular formula is C19H25N3O6. The van der Waals surface area contributed by atoms with E-state index in [9.17, 15) is 14.4 Å². The number of fused-ring (bicyclic) bond motifs is 1. The number of carbonyl (C=O) groups is 3. The quantitative estimate of drug-likeness (QED) is 0.701. The Balaban J connectivity index is 1.59. The third-order valence-electron chi connectivity index (χ3n) is 4.70. The predicted octanol–water partition coefficient (Wildman–Crippen LogP) is 0.390. The second-order valence-corrected chi connectivity index (χ2v) is 6.74. The number of nitrogens with zero attached hydrogens (tertiary/aromatic N) is 2. The molecule has 1 aromatic rings. The molecule has 152 valence electrons. The van der Waals surface area contributed by atoms with E-state index in [2.05, 4.69) is 5.32 Å². The van der Waals surface area contributed by atoms with Gasteiger partial charge in [-0.25, -0.2) is 0 Å². The Morgan fingerprint density at radius 3 is 2.32 bits per heavy atom. The van der Waals surface area contributed by atoms with E-state index >= 15 is 0 Å². The number of ketones is 1. The molecule has 1 aromatic carbocycles. The molecule has 0 spiro atoms. The van der Waals surface area contributed by atoms with Gasteiger partial charge in [-0.15, -0.1) is 0 Å². The van der Waals surface area contributed by atoms with Gasteiger partial charge in [-0.2, -0.15) is 0 Å². The highest BCUT2D eigenvalue weighted by atomic mass is 16.6. The van der Waals surface area contributed by atoms with Crippen LogP contribution in [0.15, 0.2) is 12.1 Å². The topological polar surface area (TPSA) is 97.4 Å². The van der Waals surface area contributed by atoms with Crippen molar-refractivity contribution in [3.63, 3.8) is 0 Å². The van der Waals surface area contributed by atoms with Crippen molar-refractivity contribution in [2.75, 3.05) is 65.0 Å². The first-order valence-corrected chi connectivity index (χ1v) is 9.21. The highest BCUT2D eigenvalue weighted by Gasteiger charge is 2.23. The highest BCUT2D eigenvalue weighted by molar-refractivity contribution is 6.05. The average molecular weight is 391 g/mol. The van der Waals surface area contributed by atoms with Crippen LogP contribution < -0.4 is 14.8 Å². The monoisotopic (exact) mass is 391 g/mol. The van der Waals surface area contributed by atoms with Gasteiger partial charge in [-0.3, -0.25) is 19.3 Å². The molecule has 9 nitrogen and oxygen atoms in total. The minimum atomic E-state index is -0.226. The summed E-state index contributed by atoms with van der Waals surface area (Å²) in [6.07, 6.45) is 0. The number of hydrogen-bond donors (Lipinski definition) is 1. The number of amides is 2. The van der Waals surface area contributed by atoms with E-state index < -0.39 is 0 Å². The Hall–Kier alpha value is -2.65. The third kappa shape index (κ3) is 4.79. The van der Waals surface area contributed by atoms with Gasteiger partial charge in [0.05, 0.1) is 12.2 Å². The number of Topliss-reactive ketones (excluding diaryl/α,β-unsaturated/α-hetero) is 1. The first-order valence-electron chi connectivity index (χ1n) is 9.21. The molecule has 0 aromatic heterocycles. The van der Waals surface area contributed by atoms with Crippen LogP contribution in [0.4, 0.5) is 5.69 Å². The van der Waals surface area contributed by atoms with Crippen LogP contribution in [0.5, 0.6) is 11.5 Å². The number of piperazine rings is 1. The maximum atomic E-state index is 12.5. The molecule has 1 N–H and O–H groups in total.